The van der Waals surface area contributed by atoms with Crippen LogP contribution in [0, 0.1) is 0 Å². The number of hydrogen-bond acceptors (Lipinski definition) is 4. The van der Waals surface area contributed by atoms with E-state index in [4.69, 9.17) is 9.47 Å². The van der Waals surface area contributed by atoms with Crippen molar-refractivity contribution in [3.8, 4) is 17.2 Å². The van der Waals surface area contributed by atoms with Crippen LogP contribution in [-0.4, -0.2) is 30.1 Å². The Morgan fingerprint density at radius 2 is 1.57 bits per heavy atom. The van der Waals surface area contributed by atoms with Crippen molar-refractivity contribution in [1.82, 2.24) is 10.6 Å². The number of methoxy groups -OCH3 is 1. The molecule has 2 aromatic carbocycles. The van der Waals surface area contributed by atoms with Crippen LogP contribution < -0.4 is 20.1 Å². The minimum Gasteiger partial charge on any atom is -0.497 e. The van der Waals surface area contributed by atoms with Gasteiger partial charge in [-0.15, -0.1) is 0 Å². The first-order valence-electron chi connectivity index (χ1n) is 9.68. The predicted octanol–water partition coefficient (Wildman–Crippen LogP) is 4.53. The van der Waals surface area contributed by atoms with E-state index in [-0.39, 0.29) is 23.0 Å². The molecule has 5 heteroatoms. The first-order valence-corrected chi connectivity index (χ1v) is 9.68. The number of carbonyl (C=O) groups is 1. The van der Waals surface area contributed by atoms with Gasteiger partial charge in [0.05, 0.1) is 7.11 Å². The van der Waals surface area contributed by atoms with Crippen molar-refractivity contribution in [1.29, 1.82) is 0 Å². The monoisotopic (exact) mass is 382 g/mol. The average Bonchev–Trinajstić information content (AvgIpc) is 2.59. The lowest BCUT2D eigenvalue weighted by Crippen LogP contribution is -2.62. The summed E-state index contributed by atoms with van der Waals surface area (Å²) in [7, 11) is 1.62. The van der Waals surface area contributed by atoms with Gasteiger partial charge in [0.2, 0.25) is 0 Å². The fraction of sp³-hybridized carbons (Fsp3) is 0.435. The predicted molar refractivity (Wildman–Crippen MR) is 111 cm³/mol. The van der Waals surface area contributed by atoms with E-state index >= 15 is 0 Å². The van der Waals surface area contributed by atoms with Crippen LogP contribution in [0.1, 0.15) is 50.9 Å². The maximum Gasteiger partial charge on any atom is 0.251 e. The number of amides is 1. The van der Waals surface area contributed by atoms with E-state index in [0.717, 1.165) is 18.6 Å². The summed E-state index contributed by atoms with van der Waals surface area (Å²) in [5.41, 5.74) is 0.620. The lowest BCUT2D eigenvalue weighted by molar-refractivity contribution is 0.0873. The van der Waals surface area contributed by atoms with Crippen molar-refractivity contribution in [3.05, 3.63) is 54.1 Å². The maximum absolute atomic E-state index is 12.7. The van der Waals surface area contributed by atoms with Crippen molar-refractivity contribution in [2.24, 2.45) is 0 Å². The number of rotatable bonds is 5. The highest BCUT2D eigenvalue weighted by molar-refractivity contribution is 5.94. The van der Waals surface area contributed by atoms with Crippen molar-refractivity contribution in [2.45, 2.75) is 57.7 Å². The van der Waals surface area contributed by atoms with Crippen LogP contribution in [0.15, 0.2) is 48.5 Å². The molecule has 5 nitrogen and oxygen atoms in total. The van der Waals surface area contributed by atoms with Crippen molar-refractivity contribution in [2.75, 3.05) is 7.11 Å². The summed E-state index contributed by atoms with van der Waals surface area (Å²) in [6.07, 6.45) is 1.80. The van der Waals surface area contributed by atoms with Gasteiger partial charge in [0.25, 0.3) is 5.91 Å². The molecule has 0 radical (unpaired) electrons. The third-order valence-electron chi connectivity index (χ3n) is 4.92. The molecular weight excluding hydrogens is 352 g/mol. The smallest absolute Gasteiger partial charge is 0.251 e. The van der Waals surface area contributed by atoms with Crippen LogP contribution in [0.3, 0.4) is 0 Å². The topological polar surface area (TPSA) is 59.6 Å². The first kappa shape index (κ1) is 20.2. The zero-order valence-electron chi connectivity index (χ0n) is 17.3. The van der Waals surface area contributed by atoms with Crippen LogP contribution in [0.4, 0.5) is 0 Å². The van der Waals surface area contributed by atoms with Crippen molar-refractivity contribution in [3.63, 3.8) is 0 Å². The molecule has 1 saturated heterocycles. The van der Waals surface area contributed by atoms with Gasteiger partial charge in [0.15, 0.2) is 0 Å². The average molecular weight is 383 g/mol. The fourth-order valence-electron chi connectivity index (χ4n) is 4.17. The molecule has 0 atom stereocenters. The van der Waals surface area contributed by atoms with E-state index in [2.05, 4.69) is 38.3 Å². The second-order valence-corrected chi connectivity index (χ2v) is 8.78. The third-order valence-corrected chi connectivity index (χ3v) is 4.92. The summed E-state index contributed by atoms with van der Waals surface area (Å²) >= 11 is 0. The second kappa shape index (κ2) is 7.84. The van der Waals surface area contributed by atoms with E-state index < -0.39 is 0 Å². The van der Waals surface area contributed by atoms with Crippen molar-refractivity contribution < 1.29 is 14.3 Å². The Bertz CT molecular complexity index is 812. The van der Waals surface area contributed by atoms with Gasteiger partial charge in [-0.25, -0.2) is 0 Å². The van der Waals surface area contributed by atoms with Gasteiger partial charge < -0.3 is 20.1 Å². The number of nitrogens with one attached hydrogen (secondary N) is 2. The summed E-state index contributed by atoms with van der Waals surface area (Å²) in [4.78, 5) is 12.7. The number of hydrogen-bond donors (Lipinski definition) is 2. The molecule has 1 amide bonds. The standard InChI is InChI=1S/C23H30N2O3/c1-22(2)14-17(15-23(3,4)25-22)24-21(26)16-9-11-18(12-10-16)28-20-8-6-7-19(13-20)27-5/h6-13,17,25H,14-15H2,1-5H3,(H,24,26). The third kappa shape index (κ3) is 5.26. The quantitative estimate of drug-likeness (QED) is 0.798. The number of piperidine rings is 1. The fourth-order valence-corrected chi connectivity index (χ4v) is 4.17. The summed E-state index contributed by atoms with van der Waals surface area (Å²) in [6.45, 7) is 8.71. The highest BCUT2D eigenvalue weighted by Gasteiger charge is 2.38. The second-order valence-electron chi connectivity index (χ2n) is 8.78. The van der Waals surface area contributed by atoms with Crippen LogP contribution in [0.5, 0.6) is 17.2 Å². The highest BCUT2D eigenvalue weighted by Crippen LogP contribution is 2.29. The Kier molecular flexibility index (Phi) is 5.66. The summed E-state index contributed by atoms with van der Waals surface area (Å²) in [5, 5.41) is 6.83. The molecule has 28 heavy (non-hydrogen) atoms. The van der Waals surface area contributed by atoms with E-state index in [9.17, 15) is 4.79 Å². The summed E-state index contributed by atoms with van der Waals surface area (Å²) in [6, 6.07) is 14.8. The first-order chi connectivity index (χ1) is 13.2. The Balaban J connectivity index is 1.63. The highest BCUT2D eigenvalue weighted by atomic mass is 16.5. The van der Waals surface area contributed by atoms with Crippen LogP contribution in [0.25, 0.3) is 0 Å². The molecule has 0 aliphatic carbocycles. The molecule has 0 unspecified atom stereocenters. The van der Waals surface area contributed by atoms with E-state index in [1.165, 1.54) is 0 Å². The molecule has 0 spiro atoms. The normalized spacial score (nSPS) is 18.3. The Labute approximate surface area is 167 Å². The lowest BCUT2D eigenvalue weighted by Gasteiger charge is -2.46. The minimum atomic E-state index is -0.0496. The van der Waals surface area contributed by atoms with Gasteiger partial charge >= 0.3 is 0 Å². The van der Waals surface area contributed by atoms with E-state index in [1.807, 2.05) is 36.4 Å². The van der Waals surface area contributed by atoms with Crippen LogP contribution in [-0.2, 0) is 0 Å². The van der Waals surface area contributed by atoms with Gasteiger partial charge in [-0.3, -0.25) is 4.79 Å². The van der Waals surface area contributed by atoms with Gasteiger partial charge in [-0.05, 0) is 76.9 Å². The molecule has 150 valence electrons. The molecule has 1 aliphatic rings. The van der Waals surface area contributed by atoms with E-state index in [0.29, 0.717) is 17.1 Å². The molecule has 1 aliphatic heterocycles. The summed E-state index contributed by atoms with van der Waals surface area (Å²) < 4.78 is 11.0. The van der Waals surface area contributed by atoms with Gasteiger partial charge in [0.1, 0.15) is 17.2 Å². The summed E-state index contributed by atoms with van der Waals surface area (Å²) in [5.74, 6) is 2.05. The Morgan fingerprint density at radius 3 is 2.18 bits per heavy atom. The van der Waals surface area contributed by atoms with Crippen LogP contribution in [0.2, 0.25) is 0 Å². The number of ether oxygens (including phenoxy) is 2. The minimum absolute atomic E-state index is 0.00582. The molecule has 1 fully saturated rings. The zero-order valence-corrected chi connectivity index (χ0v) is 17.3. The largest absolute Gasteiger partial charge is 0.497 e. The Hall–Kier alpha value is -2.53. The van der Waals surface area contributed by atoms with Crippen LogP contribution >= 0.6 is 0 Å². The molecule has 2 N–H and O–H groups in total. The van der Waals surface area contributed by atoms with Gasteiger partial charge in [-0.2, -0.15) is 0 Å². The zero-order chi connectivity index (χ0) is 20.4. The molecule has 3 rings (SSSR count). The van der Waals surface area contributed by atoms with Gasteiger partial charge in [-0.1, -0.05) is 6.07 Å². The molecule has 1 heterocycles. The molecule has 0 aromatic heterocycles. The van der Waals surface area contributed by atoms with E-state index in [1.54, 1.807) is 19.2 Å². The maximum atomic E-state index is 12.7. The number of benzene rings is 2. The molecule has 2 aromatic rings. The number of carbonyl (C=O) groups excluding carboxylic acids is 1. The SMILES string of the molecule is COc1cccc(Oc2ccc(C(=O)NC3CC(C)(C)NC(C)(C)C3)cc2)c1. The molecule has 0 saturated carbocycles. The lowest BCUT2D eigenvalue weighted by atomic mass is 9.79. The Morgan fingerprint density at radius 1 is 0.964 bits per heavy atom. The molecular formula is C23H30N2O3. The van der Waals surface area contributed by atoms with Crippen molar-refractivity contribution >= 4 is 5.91 Å². The van der Waals surface area contributed by atoms with Gasteiger partial charge in [0, 0.05) is 28.7 Å². The molecule has 0 bridgehead atoms.